The SMILES string of the molecule is C[C@H]1CC[C@H](c2cccc(N3CCN(C)CC3)c2)N(C(=O)C(=O)OCC(F)(F)F)C1. The van der Waals surface area contributed by atoms with E-state index in [-0.39, 0.29) is 12.0 Å². The van der Waals surface area contributed by atoms with Gasteiger partial charge in [-0.2, -0.15) is 13.2 Å². The molecule has 1 aromatic carbocycles. The molecule has 9 heteroatoms. The molecule has 0 saturated carbocycles. The van der Waals surface area contributed by atoms with Crippen LogP contribution in [0.15, 0.2) is 24.3 Å². The Morgan fingerprint density at radius 1 is 1.13 bits per heavy atom. The van der Waals surface area contributed by atoms with E-state index in [9.17, 15) is 22.8 Å². The second-order valence-electron chi connectivity index (χ2n) is 8.23. The fraction of sp³-hybridized carbons (Fsp3) is 0.619. The Morgan fingerprint density at radius 2 is 1.83 bits per heavy atom. The normalized spacial score (nSPS) is 23.4. The van der Waals surface area contributed by atoms with E-state index in [2.05, 4.69) is 21.6 Å². The maximum Gasteiger partial charge on any atom is 0.422 e. The molecule has 0 bridgehead atoms. The highest BCUT2D eigenvalue weighted by Gasteiger charge is 2.37. The Hall–Kier alpha value is -2.29. The number of piperidine rings is 1. The maximum absolute atomic E-state index is 12.6. The minimum atomic E-state index is -4.67. The van der Waals surface area contributed by atoms with Gasteiger partial charge in [0.2, 0.25) is 0 Å². The lowest BCUT2D eigenvalue weighted by molar-refractivity contribution is -0.190. The van der Waals surface area contributed by atoms with E-state index in [4.69, 9.17) is 0 Å². The van der Waals surface area contributed by atoms with Gasteiger partial charge in [-0.1, -0.05) is 19.1 Å². The summed E-state index contributed by atoms with van der Waals surface area (Å²) >= 11 is 0. The van der Waals surface area contributed by atoms with Gasteiger partial charge in [0.1, 0.15) is 0 Å². The van der Waals surface area contributed by atoms with Crippen LogP contribution in [0, 0.1) is 5.92 Å². The topological polar surface area (TPSA) is 53.1 Å². The van der Waals surface area contributed by atoms with Gasteiger partial charge in [-0.3, -0.25) is 4.79 Å². The predicted octanol–water partition coefficient (Wildman–Crippen LogP) is 2.84. The van der Waals surface area contributed by atoms with Crippen molar-refractivity contribution in [1.82, 2.24) is 9.80 Å². The summed E-state index contributed by atoms with van der Waals surface area (Å²) < 4.78 is 41.3. The third kappa shape index (κ3) is 5.65. The number of nitrogens with zero attached hydrogens (tertiary/aromatic N) is 3. The minimum Gasteiger partial charge on any atom is -0.449 e. The zero-order valence-corrected chi connectivity index (χ0v) is 17.3. The molecule has 2 aliphatic heterocycles. The fourth-order valence-electron chi connectivity index (χ4n) is 4.04. The van der Waals surface area contributed by atoms with Crippen molar-refractivity contribution in [2.75, 3.05) is 51.3 Å². The van der Waals surface area contributed by atoms with Crippen molar-refractivity contribution < 1.29 is 27.5 Å². The van der Waals surface area contributed by atoms with E-state index in [1.807, 2.05) is 31.2 Å². The molecule has 1 aromatic rings. The second-order valence-corrected chi connectivity index (χ2v) is 8.23. The number of piperazine rings is 1. The summed E-state index contributed by atoms with van der Waals surface area (Å²) in [6.07, 6.45) is -3.15. The molecule has 2 saturated heterocycles. The largest absolute Gasteiger partial charge is 0.449 e. The van der Waals surface area contributed by atoms with E-state index < -0.39 is 24.7 Å². The van der Waals surface area contributed by atoms with E-state index in [0.29, 0.717) is 13.0 Å². The third-order valence-corrected chi connectivity index (χ3v) is 5.74. The second kappa shape index (κ2) is 9.24. The number of hydrogen-bond acceptors (Lipinski definition) is 5. The molecule has 0 N–H and O–H groups in total. The van der Waals surface area contributed by atoms with Crippen molar-refractivity contribution in [2.45, 2.75) is 32.0 Å². The Labute approximate surface area is 174 Å². The van der Waals surface area contributed by atoms with Gasteiger partial charge < -0.3 is 19.4 Å². The molecule has 2 fully saturated rings. The number of carbonyl (C=O) groups is 2. The number of rotatable bonds is 3. The van der Waals surface area contributed by atoms with Crippen LogP contribution in [0.25, 0.3) is 0 Å². The number of ether oxygens (including phenoxy) is 1. The lowest BCUT2D eigenvalue weighted by atomic mass is 9.89. The van der Waals surface area contributed by atoms with Crippen molar-refractivity contribution in [1.29, 1.82) is 0 Å². The molecule has 30 heavy (non-hydrogen) atoms. The van der Waals surface area contributed by atoms with Gasteiger partial charge in [0.05, 0.1) is 6.04 Å². The lowest BCUT2D eigenvalue weighted by Crippen LogP contribution is -2.46. The molecule has 2 atom stereocenters. The number of esters is 1. The van der Waals surface area contributed by atoms with Crippen LogP contribution >= 0.6 is 0 Å². The van der Waals surface area contributed by atoms with Crippen molar-refractivity contribution >= 4 is 17.6 Å². The highest BCUT2D eigenvalue weighted by atomic mass is 19.4. The number of carbonyl (C=O) groups excluding carboxylic acids is 2. The Morgan fingerprint density at radius 3 is 2.50 bits per heavy atom. The molecular formula is C21H28F3N3O3. The summed E-state index contributed by atoms with van der Waals surface area (Å²) in [4.78, 5) is 30.5. The number of benzene rings is 1. The molecule has 0 unspecified atom stereocenters. The van der Waals surface area contributed by atoms with Gasteiger partial charge in [-0.25, -0.2) is 4.79 Å². The molecule has 0 aromatic heterocycles. The zero-order chi connectivity index (χ0) is 21.9. The van der Waals surface area contributed by atoms with E-state index in [0.717, 1.165) is 43.9 Å². The van der Waals surface area contributed by atoms with Crippen LogP contribution in [0.2, 0.25) is 0 Å². The Bertz CT molecular complexity index is 763. The van der Waals surface area contributed by atoms with Gasteiger partial charge in [-0.15, -0.1) is 0 Å². The lowest BCUT2D eigenvalue weighted by Gasteiger charge is -2.39. The smallest absolute Gasteiger partial charge is 0.422 e. The average Bonchev–Trinajstić information content (AvgIpc) is 2.71. The predicted molar refractivity (Wildman–Crippen MR) is 106 cm³/mol. The van der Waals surface area contributed by atoms with Gasteiger partial charge in [0.25, 0.3) is 0 Å². The molecule has 3 rings (SSSR count). The molecule has 0 aliphatic carbocycles. The van der Waals surface area contributed by atoms with Crippen LogP contribution in [-0.4, -0.2) is 74.2 Å². The average molecular weight is 427 g/mol. The first-order chi connectivity index (χ1) is 14.1. The van der Waals surface area contributed by atoms with Crippen LogP contribution in [0.3, 0.4) is 0 Å². The maximum atomic E-state index is 12.6. The summed E-state index contributed by atoms with van der Waals surface area (Å²) in [6, 6.07) is 7.50. The number of anilines is 1. The molecule has 0 radical (unpaired) electrons. The van der Waals surface area contributed by atoms with Crippen LogP contribution in [-0.2, 0) is 14.3 Å². The van der Waals surface area contributed by atoms with Crippen LogP contribution in [0.5, 0.6) is 0 Å². The standard InChI is InChI=1S/C21H28F3N3O3/c1-15-6-7-18(27(13-15)19(28)20(29)30-14-21(22,23)24)16-4-3-5-17(12-16)26-10-8-25(2)9-11-26/h3-5,12,15,18H,6-11,13-14H2,1-2H3/t15-,18+/m0/s1. The third-order valence-electron chi connectivity index (χ3n) is 5.74. The van der Waals surface area contributed by atoms with E-state index >= 15 is 0 Å². The van der Waals surface area contributed by atoms with E-state index in [1.54, 1.807) is 0 Å². The van der Waals surface area contributed by atoms with Gasteiger partial charge in [0, 0.05) is 38.4 Å². The number of alkyl halides is 3. The molecule has 0 spiro atoms. The first-order valence-corrected chi connectivity index (χ1v) is 10.2. The molecule has 166 valence electrons. The zero-order valence-electron chi connectivity index (χ0n) is 17.3. The summed E-state index contributed by atoms with van der Waals surface area (Å²) in [5.41, 5.74) is 1.93. The van der Waals surface area contributed by atoms with E-state index in [1.165, 1.54) is 4.90 Å². The van der Waals surface area contributed by atoms with Crippen molar-refractivity contribution in [3.63, 3.8) is 0 Å². The van der Waals surface area contributed by atoms with Crippen LogP contribution in [0.1, 0.15) is 31.4 Å². The molecular weight excluding hydrogens is 399 g/mol. The van der Waals surface area contributed by atoms with Gasteiger partial charge in [-0.05, 0) is 43.5 Å². The number of halogens is 3. The van der Waals surface area contributed by atoms with Crippen LogP contribution < -0.4 is 4.90 Å². The highest BCUT2D eigenvalue weighted by Crippen LogP contribution is 2.35. The van der Waals surface area contributed by atoms with Crippen molar-refractivity contribution in [3.8, 4) is 0 Å². The molecule has 2 aliphatic rings. The number of amides is 1. The summed E-state index contributed by atoms with van der Waals surface area (Å²) in [5, 5.41) is 0. The first-order valence-electron chi connectivity index (χ1n) is 10.2. The first kappa shape index (κ1) is 22.4. The molecule has 1 amide bonds. The van der Waals surface area contributed by atoms with Crippen molar-refractivity contribution in [3.05, 3.63) is 29.8 Å². The number of likely N-dealkylation sites (tertiary alicyclic amines) is 1. The highest BCUT2D eigenvalue weighted by molar-refractivity contribution is 6.32. The Kier molecular flexibility index (Phi) is 6.90. The quantitative estimate of drug-likeness (QED) is 0.549. The summed E-state index contributed by atoms with van der Waals surface area (Å²) in [5.74, 6) is -2.32. The molecule has 2 heterocycles. The van der Waals surface area contributed by atoms with Gasteiger partial charge >= 0.3 is 18.1 Å². The minimum absolute atomic E-state index is 0.154. The molecule has 6 nitrogen and oxygen atoms in total. The summed E-state index contributed by atoms with van der Waals surface area (Å²) in [7, 11) is 2.08. The fourth-order valence-corrected chi connectivity index (χ4v) is 4.04. The monoisotopic (exact) mass is 427 g/mol. The Balaban J connectivity index is 1.76. The number of hydrogen-bond donors (Lipinski definition) is 0. The van der Waals surface area contributed by atoms with Gasteiger partial charge in [0.15, 0.2) is 6.61 Å². The van der Waals surface area contributed by atoms with Crippen LogP contribution in [0.4, 0.5) is 18.9 Å². The van der Waals surface area contributed by atoms with Crippen molar-refractivity contribution in [2.24, 2.45) is 5.92 Å². The number of likely N-dealkylation sites (N-methyl/N-ethyl adjacent to an activating group) is 1. The summed E-state index contributed by atoms with van der Waals surface area (Å²) in [6.45, 7) is 4.22.